The van der Waals surface area contributed by atoms with Crippen molar-refractivity contribution in [1.82, 2.24) is 10.4 Å². The van der Waals surface area contributed by atoms with Crippen molar-refractivity contribution in [2.24, 2.45) is 0 Å². The summed E-state index contributed by atoms with van der Waals surface area (Å²) in [7, 11) is 0. The zero-order valence-electron chi connectivity index (χ0n) is 14.2. The quantitative estimate of drug-likeness (QED) is 0.672. The second-order valence-corrected chi connectivity index (χ2v) is 5.70. The molecule has 0 unspecified atom stereocenters. The molecule has 2 aromatic rings. The van der Waals surface area contributed by atoms with E-state index in [1.165, 1.54) is 0 Å². The summed E-state index contributed by atoms with van der Waals surface area (Å²) in [4.78, 5) is 28.8. The fourth-order valence-electron chi connectivity index (χ4n) is 2.51. The van der Waals surface area contributed by atoms with Gasteiger partial charge in [-0.15, -0.1) is 0 Å². The Morgan fingerprint density at radius 1 is 1.24 bits per heavy atom. The highest BCUT2D eigenvalue weighted by atomic mass is 16.5. The van der Waals surface area contributed by atoms with Crippen molar-refractivity contribution in [3.05, 3.63) is 59.3 Å². The fraction of sp³-hybridized carbons (Fsp3) is 0.211. The van der Waals surface area contributed by atoms with Gasteiger partial charge in [-0.1, -0.05) is 19.1 Å². The van der Waals surface area contributed by atoms with E-state index in [0.717, 1.165) is 28.3 Å². The Balaban J connectivity index is 1.85. The van der Waals surface area contributed by atoms with Crippen LogP contribution in [0.15, 0.2) is 48.2 Å². The van der Waals surface area contributed by atoms with Crippen molar-refractivity contribution in [2.75, 3.05) is 11.6 Å². The lowest BCUT2D eigenvalue weighted by molar-refractivity contribution is -0.117. The molecule has 25 heavy (non-hydrogen) atoms. The topological polar surface area (TPSA) is 71.5 Å². The van der Waals surface area contributed by atoms with Crippen molar-refractivity contribution in [3.8, 4) is 5.75 Å². The minimum Gasteiger partial charge on any atom is -0.493 e. The third-order valence-corrected chi connectivity index (χ3v) is 3.74. The van der Waals surface area contributed by atoms with Crippen molar-refractivity contribution >= 4 is 23.7 Å². The van der Waals surface area contributed by atoms with Gasteiger partial charge in [-0.3, -0.25) is 15.0 Å². The molecule has 0 bridgehead atoms. The number of aromatic nitrogens is 1. The van der Waals surface area contributed by atoms with Gasteiger partial charge in [0, 0.05) is 6.20 Å². The molecule has 1 N–H and O–H groups in total. The third kappa shape index (κ3) is 3.52. The number of carbonyl (C=O) groups is 2. The molecule has 2 amide bonds. The second-order valence-electron chi connectivity index (χ2n) is 5.70. The SMILES string of the molecule is CCCOc1ccc(/C=C2\C(=O)NN(c3ccccn3)C2=O)cc1C. The Labute approximate surface area is 146 Å². The summed E-state index contributed by atoms with van der Waals surface area (Å²) in [6, 6.07) is 10.7. The molecule has 1 aromatic carbocycles. The Bertz CT molecular complexity index is 831. The molecule has 1 aliphatic heterocycles. The van der Waals surface area contributed by atoms with Crippen LogP contribution in [0.4, 0.5) is 5.82 Å². The smallest absolute Gasteiger partial charge is 0.284 e. The molecule has 1 fully saturated rings. The maximum Gasteiger partial charge on any atom is 0.284 e. The van der Waals surface area contributed by atoms with Crippen LogP contribution >= 0.6 is 0 Å². The fourth-order valence-corrected chi connectivity index (χ4v) is 2.51. The summed E-state index contributed by atoms with van der Waals surface area (Å²) in [6.45, 7) is 4.64. The summed E-state index contributed by atoms with van der Waals surface area (Å²) < 4.78 is 5.64. The van der Waals surface area contributed by atoms with Gasteiger partial charge < -0.3 is 4.74 Å². The molecule has 1 aliphatic rings. The van der Waals surface area contributed by atoms with Crippen molar-refractivity contribution in [1.29, 1.82) is 0 Å². The Hall–Kier alpha value is -3.15. The molecule has 6 heteroatoms. The molecule has 0 atom stereocenters. The van der Waals surface area contributed by atoms with Crippen LogP contribution in [-0.4, -0.2) is 23.4 Å². The van der Waals surface area contributed by atoms with E-state index in [1.54, 1.807) is 30.5 Å². The second kappa shape index (κ2) is 7.17. The lowest BCUT2D eigenvalue weighted by Gasteiger charge is -2.12. The highest BCUT2D eigenvalue weighted by molar-refractivity contribution is 6.31. The molecule has 0 aliphatic carbocycles. The number of nitrogens with one attached hydrogen (secondary N) is 1. The lowest BCUT2D eigenvalue weighted by Crippen LogP contribution is -2.36. The number of aryl methyl sites for hydroxylation is 1. The molecule has 2 heterocycles. The molecule has 1 aromatic heterocycles. The number of pyridine rings is 1. The largest absolute Gasteiger partial charge is 0.493 e. The van der Waals surface area contributed by atoms with Crippen LogP contribution in [0, 0.1) is 6.92 Å². The van der Waals surface area contributed by atoms with Crippen LogP contribution in [0.1, 0.15) is 24.5 Å². The van der Waals surface area contributed by atoms with E-state index < -0.39 is 11.8 Å². The van der Waals surface area contributed by atoms with Crippen LogP contribution in [-0.2, 0) is 9.59 Å². The van der Waals surface area contributed by atoms with Gasteiger partial charge in [0.05, 0.1) is 6.61 Å². The normalized spacial score (nSPS) is 15.6. The van der Waals surface area contributed by atoms with Crippen molar-refractivity contribution in [2.45, 2.75) is 20.3 Å². The molecular weight excluding hydrogens is 318 g/mol. The molecular formula is C19H19N3O3. The van der Waals surface area contributed by atoms with E-state index in [4.69, 9.17) is 4.74 Å². The minimum atomic E-state index is -0.445. The maximum atomic E-state index is 12.5. The predicted octanol–water partition coefficient (Wildman–Crippen LogP) is 2.64. The summed E-state index contributed by atoms with van der Waals surface area (Å²) in [6.07, 6.45) is 4.08. The number of rotatable bonds is 5. The molecule has 3 rings (SSSR count). The van der Waals surface area contributed by atoms with Gasteiger partial charge in [-0.25, -0.2) is 4.98 Å². The van der Waals surface area contributed by atoms with E-state index >= 15 is 0 Å². The highest BCUT2D eigenvalue weighted by Gasteiger charge is 2.35. The molecule has 1 saturated heterocycles. The van der Waals surface area contributed by atoms with Crippen LogP contribution in [0.5, 0.6) is 5.75 Å². The molecule has 6 nitrogen and oxygen atoms in total. The van der Waals surface area contributed by atoms with E-state index in [1.807, 2.05) is 32.0 Å². The van der Waals surface area contributed by atoms with Crippen molar-refractivity contribution in [3.63, 3.8) is 0 Å². The van der Waals surface area contributed by atoms with E-state index in [9.17, 15) is 9.59 Å². The number of nitrogens with zero attached hydrogens (tertiary/aromatic N) is 2. The molecule has 0 radical (unpaired) electrons. The number of hydrogen-bond acceptors (Lipinski definition) is 4. The third-order valence-electron chi connectivity index (χ3n) is 3.74. The maximum absolute atomic E-state index is 12.5. The number of hydrazine groups is 1. The van der Waals surface area contributed by atoms with E-state index in [-0.39, 0.29) is 5.57 Å². The van der Waals surface area contributed by atoms with Crippen LogP contribution < -0.4 is 15.2 Å². The molecule has 0 saturated carbocycles. The van der Waals surface area contributed by atoms with Gasteiger partial charge >= 0.3 is 0 Å². The molecule has 0 spiro atoms. The highest BCUT2D eigenvalue weighted by Crippen LogP contribution is 2.23. The monoisotopic (exact) mass is 337 g/mol. The first-order valence-electron chi connectivity index (χ1n) is 8.11. The standard InChI is InChI=1S/C19H19N3O3/c1-3-10-25-16-8-7-14(11-13(16)2)12-15-18(23)21-22(19(15)24)17-6-4-5-9-20-17/h4-9,11-12H,3,10H2,1-2H3,(H,21,23)/b15-12+. The summed E-state index contributed by atoms with van der Waals surface area (Å²) in [5, 5.41) is 1.15. The molecule has 128 valence electrons. The predicted molar refractivity (Wildman–Crippen MR) is 94.8 cm³/mol. The first-order chi connectivity index (χ1) is 12.1. The van der Waals surface area contributed by atoms with Gasteiger partial charge in [0.25, 0.3) is 11.8 Å². The zero-order valence-corrected chi connectivity index (χ0v) is 14.2. The number of hydrogen-bond donors (Lipinski definition) is 1. The van der Waals surface area contributed by atoms with Gasteiger partial charge in [-0.2, -0.15) is 5.01 Å². The summed E-state index contributed by atoms with van der Waals surface area (Å²) in [5.74, 6) is 0.317. The van der Waals surface area contributed by atoms with Crippen LogP contribution in [0.25, 0.3) is 6.08 Å². The van der Waals surface area contributed by atoms with Gasteiger partial charge in [0.2, 0.25) is 0 Å². The number of anilines is 1. The lowest BCUT2D eigenvalue weighted by atomic mass is 10.1. The van der Waals surface area contributed by atoms with E-state index in [0.29, 0.717) is 12.4 Å². The van der Waals surface area contributed by atoms with Gasteiger partial charge in [-0.05, 0) is 54.8 Å². The first kappa shape index (κ1) is 16.7. The Kier molecular flexibility index (Phi) is 4.79. The van der Waals surface area contributed by atoms with Gasteiger partial charge in [0.1, 0.15) is 11.3 Å². The van der Waals surface area contributed by atoms with Crippen LogP contribution in [0.2, 0.25) is 0 Å². The number of amides is 2. The Morgan fingerprint density at radius 3 is 2.76 bits per heavy atom. The summed E-state index contributed by atoms with van der Waals surface area (Å²) >= 11 is 0. The van der Waals surface area contributed by atoms with E-state index in [2.05, 4.69) is 10.4 Å². The zero-order chi connectivity index (χ0) is 17.8. The minimum absolute atomic E-state index is 0.0762. The van der Waals surface area contributed by atoms with Crippen molar-refractivity contribution < 1.29 is 14.3 Å². The van der Waals surface area contributed by atoms with Gasteiger partial charge in [0.15, 0.2) is 5.82 Å². The number of carbonyl (C=O) groups excluding carboxylic acids is 2. The number of ether oxygens (including phenoxy) is 1. The average molecular weight is 337 g/mol. The van der Waals surface area contributed by atoms with Crippen LogP contribution in [0.3, 0.4) is 0 Å². The average Bonchev–Trinajstić information content (AvgIpc) is 2.90. The Morgan fingerprint density at radius 2 is 2.08 bits per heavy atom. The summed E-state index contributed by atoms with van der Waals surface area (Å²) in [5.41, 5.74) is 4.33. The number of benzene rings is 1. The first-order valence-corrected chi connectivity index (χ1v) is 8.11.